The summed E-state index contributed by atoms with van der Waals surface area (Å²) in [5, 5.41) is 2.78. The van der Waals surface area contributed by atoms with E-state index in [-0.39, 0.29) is 17.1 Å². The highest BCUT2D eigenvalue weighted by Gasteiger charge is 2.28. The Labute approximate surface area is 177 Å². The number of anilines is 1. The second kappa shape index (κ2) is 9.56. The summed E-state index contributed by atoms with van der Waals surface area (Å²) in [6.07, 6.45) is 0.201. The second-order valence-corrected chi connectivity index (χ2v) is 8.56. The normalized spacial score (nSPS) is 12.2. The van der Waals surface area contributed by atoms with Gasteiger partial charge in [-0.05, 0) is 48.7 Å². The lowest BCUT2D eigenvalue weighted by Gasteiger charge is -2.20. The van der Waals surface area contributed by atoms with Crippen LogP contribution in [0.25, 0.3) is 0 Å². The molecule has 1 amide bonds. The Morgan fingerprint density at radius 2 is 1.60 bits per heavy atom. The average molecular weight is 425 g/mol. The van der Waals surface area contributed by atoms with Gasteiger partial charge in [-0.15, -0.1) is 0 Å². The third kappa shape index (κ3) is 5.46. The van der Waals surface area contributed by atoms with Crippen molar-refractivity contribution in [3.8, 4) is 5.75 Å². The number of hydrogen-bond acceptors (Lipinski definition) is 4. The first kappa shape index (κ1) is 21.5. The number of amides is 1. The number of hydrogen-bond donors (Lipinski definition) is 2. The minimum Gasteiger partial charge on any atom is -0.495 e. The number of ether oxygens (including phenoxy) is 1. The van der Waals surface area contributed by atoms with Crippen LogP contribution in [-0.4, -0.2) is 27.5 Å². The van der Waals surface area contributed by atoms with Gasteiger partial charge in [-0.3, -0.25) is 4.79 Å². The Hall–Kier alpha value is -3.16. The van der Waals surface area contributed by atoms with E-state index in [1.54, 1.807) is 43.3 Å². The summed E-state index contributed by atoms with van der Waals surface area (Å²) in [6, 6.07) is 22.1. The molecular weight excluding hydrogens is 400 g/mol. The van der Waals surface area contributed by atoms with Gasteiger partial charge in [0.05, 0.1) is 7.11 Å². The van der Waals surface area contributed by atoms with Gasteiger partial charge in [0.25, 0.3) is 0 Å². The average Bonchev–Trinajstić information content (AvgIpc) is 2.74. The number of carbonyl (C=O) groups is 1. The quantitative estimate of drug-likeness (QED) is 0.579. The summed E-state index contributed by atoms with van der Waals surface area (Å²) in [5.74, 6) is -0.227. The van der Waals surface area contributed by atoms with E-state index in [2.05, 4.69) is 10.0 Å². The smallest absolute Gasteiger partial charge is 0.245 e. The number of rotatable bonds is 8. The molecule has 1 atom stereocenters. The van der Waals surface area contributed by atoms with Crippen LogP contribution >= 0.6 is 0 Å². The Balaban J connectivity index is 1.91. The van der Waals surface area contributed by atoms with Gasteiger partial charge in [-0.25, -0.2) is 8.42 Å². The number of para-hydroxylation sites is 1. The molecule has 0 saturated carbocycles. The van der Waals surface area contributed by atoms with Crippen molar-refractivity contribution < 1.29 is 17.9 Å². The molecule has 0 aliphatic carbocycles. The predicted molar refractivity (Wildman–Crippen MR) is 117 cm³/mol. The molecule has 0 radical (unpaired) electrons. The fraction of sp³-hybridized carbons (Fsp3) is 0.174. The molecule has 3 rings (SSSR count). The number of aryl methyl sites for hydroxylation is 1. The largest absolute Gasteiger partial charge is 0.495 e. The number of carbonyl (C=O) groups excluding carboxylic acids is 1. The molecule has 30 heavy (non-hydrogen) atoms. The molecule has 3 aromatic rings. The molecule has 0 fully saturated rings. The van der Waals surface area contributed by atoms with Crippen molar-refractivity contribution in [2.45, 2.75) is 24.3 Å². The summed E-state index contributed by atoms with van der Waals surface area (Å²) < 4.78 is 34.1. The molecule has 0 bridgehead atoms. The summed E-state index contributed by atoms with van der Waals surface area (Å²) in [6.45, 7) is 1.79. The van der Waals surface area contributed by atoms with Crippen LogP contribution in [0.4, 0.5) is 5.69 Å². The zero-order chi connectivity index (χ0) is 21.6. The van der Waals surface area contributed by atoms with E-state index in [4.69, 9.17) is 4.74 Å². The molecule has 7 heteroatoms. The van der Waals surface area contributed by atoms with E-state index in [0.29, 0.717) is 5.69 Å². The van der Waals surface area contributed by atoms with E-state index in [1.807, 2.05) is 36.4 Å². The summed E-state index contributed by atoms with van der Waals surface area (Å²) >= 11 is 0. The van der Waals surface area contributed by atoms with Crippen LogP contribution in [-0.2, 0) is 21.2 Å². The van der Waals surface area contributed by atoms with Crippen molar-refractivity contribution >= 4 is 21.6 Å². The molecule has 0 saturated heterocycles. The Kier molecular flexibility index (Phi) is 6.87. The Morgan fingerprint density at radius 1 is 0.967 bits per heavy atom. The maximum absolute atomic E-state index is 13.2. The van der Waals surface area contributed by atoms with E-state index in [9.17, 15) is 13.2 Å². The maximum atomic E-state index is 13.2. The number of nitrogens with one attached hydrogen (secondary N) is 2. The molecule has 6 nitrogen and oxygen atoms in total. The minimum absolute atomic E-state index is 0.00410. The van der Waals surface area contributed by atoms with Gasteiger partial charge in [-0.1, -0.05) is 54.6 Å². The standard InChI is InChI=1S/C23H24N2O4S/c1-17-13-14-21(29-2)22(15-17)30(27,28)25-20(16-18-9-5-3-6-10-18)23(26)24-19-11-7-4-8-12-19/h3-15,20,25H,16H2,1-2H3,(H,24,26)/t20-/m0/s1. The fourth-order valence-electron chi connectivity index (χ4n) is 3.03. The minimum atomic E-state index is -4.02. The zero-order valence-corrected chi connectivity index (χ0v) is 17.6. The monoisotopic (exact) mass is 424 g/mol. The van der Waals surface area contributed by atoms with Crippen LogP contribution < -0.4 is 14.8 Å². The number of sulfonamides is 1. The molecule has 0 aliphatic rings. The van der Waals surface area contributed by atoms with Crippen LogP contribution in [0.3, 0.4) is 0 Å². The third-order valence-corrected chi connectivity index (χ3v) is 6.04. The topological polar surface area (TPSA) is 84.5 Å². The van der Waals surface area contributed by atoms with Crippen molar-refractivity contribution in [1.29, 1.82) is 0 Å². The lowest BCUT2D eigenvalue weighted by molar-refractivity contribution is -0.117. The number of benzene rings is 3. The van der Waals surface area contributed by atoms with E-state index < -0.39 is 22.0 Å². The van der Waals surface area contributed by atoms with Crippen LogP contribution in [0.5, 0.6) is 5.75 Å². The second-order valence-electron chi connectivity index (χ2n) is 6.87. The van der Waals surface area contributed by atoms with Gasteiger partial charge >= 0.3 is 0 Å². The van der Waals surface area contributed by atoms with Gasteiger partial charge in [0, 0.05) is 5.69 Å². The molecule has 0 heterocycles. The van der Waals surface area contributed by atoms with E-state index in [1.165, 1.54) is 13.2 Å². The fourth-order valence-corrected chi connectivity index (χ4v) is 4.48. The molecule has 0 unspecified atom stereocenters. The highest BCUT2D eigenvalue weighted by Crippen LogP contribution is 2.25. The highest BCUT2D eigenvalue weighted by atomic mass is 32.2. The van der Waals surface area contributed by atoms with Crippen LogP contribution in [0, 0.1) is 6.92 Å². The predicted octanol–water partition coefficient (Wildman–Crippen LogP) is 3.53. The van der Waals surface area contributed by atoms with Crippen molar-refractivity contribution in [2.24, 2.45) is 0 Å². The SMILES string of the molecule is COc1ccc(C)cc1S(=O)(=O)N[C@@H](Cc1ccccc1)C(=O)Nc1ccccc1. The van der Waals surface area contributed by atoms with Gasteiger partial charge in [0.2, 0.25) is 15.9 Å². The van der Waals surface area contributed by atoms with Gasteiger partial charge in [-0.2, -0.15) is 4.72 Å². The zero-order valence-electron chi connectivity index (χ0n) is 16.8. The lowest BCUT2D eigenvalue weighted by Crippen LogP contribution is -2.45. The Morgan fingerprint density at radius 3 is 2.23 bits per heavy atom. The molecule has 2 N–H and O–H groups in total. The van der Waals surface area contributed by atoms with E-state index in [0.717, 1.165) is 11.1 Å². The van der Waals surface area contributed by atoms with E-state index >= 15 is 0 Å². The summed E-state index contributed by atoms with van der Waals surface area (Å²) in [4.78, 5) is 13.0. The molecular formula is C23H24N2O4S. The number of methoxy groups -OCH3 is 1. The first-order valence-corrected chi connectivity index (χ1v) is 10.9. The molecule has 0 spiro atoms. The lowest BCUT2D eigenvalue weighted by atomic mass is 10.1. The molecule has 0 aromatic heterocycles. The third-order valence-electron chi connectivity index (χ3n) is 4.55. The molecule has 0 aliphatic heterocycles. The summed E-state index contributed by atoms with van der Waals surface area (Å²) in [7, 11) is -2.61. The summed E-state index contributed by atoms with van der Waals surface area (Å²) in [5.41, 5.74) is 2.20. The van der Waals surface area contributed by atoms with Crippen molar-refractivity contribution in [2.75, 3.05) is 12.4 Å². The van der Waals surface area contributed by atoms with Gasteiger partial charge < -0.3 is 10.1 Å². The van der Waals surface area contributed by atoms with Gasteiger partial charge in [0.1, 0.15) is 16.7 Å². The molecule has 3 aromatic carbocycles. The molecule has 156 valence electrons. The van der Waals surface area contributed by atoms with Crippen LogP contribution in [0.2, 0.25) is 0 Å². The first-order valence-electron chi connectivity index (χ1n) is 9.46. The van der Waals surface area contributed by atoms with Crippen molar-refractivity contribution in [3.05, 3.63) is 90.0 Å². The van der Waals surface area contributed by atoms with Crippen molar-refractivity contribution in [3.63, 3.8) is 0 Å². The van der Waals surface area contributed by atoms with Crippen LogP contribution in [0.1, 0.15) is 11.1 Å². The Bertz CT molecular complexity index is 1100. The maximum Gasteiger partial charge on any atom is 0.245 e. The van der Waals surface area contributed by atoms with Crippen LogP contribution in [0.15, 0.2) is 83.8 Å². The first-order chi connectivity index (χ1) is 14.4. The highest BCUT2D eigenvalue weighted by molar-refractivity contribution is 7.89. The van der Waals surface area contributed by atoms with Crippen molar-refractivity contribution in [1.82, 2.24) is 4.72 Å². The van der Waals surface area contributed by atoms with Gasteiger partial charge in [0.15, 0.2) is 0 Å².